The van der Waals surface area contributed by atoms with Gasteiger partial charge in [-0.15, -0.1) is 0 Å². The summed E-state index contributed by atoms with van der Waals surface area (Å²) in [5.74, 6) is 1.34. The van der Waals surface area contributed by atoms with Crippen molar-refractivity contribution in [2.75, 3.05) is 20.7 Å². The van der Waals surface area contributed by atoms with Gasteiger partial charge in [0.15, 0.2) is 0 Å². The Morgan fingerprint density at radius 2 is 1.97 bits per heavy atom. The number of carbonyl (C=O) groups is 1. The number of esters is 1. The fraction of sp³-hybridized carbons (Fsp3) is 0.375. The maximum atomic E-state index is 12.5. The summed E-state index contributed by atoms with van der Waals surface area (Å²) in [5.41, 5.74) is 3.04. The highest BCUT2D eigenvalue weighted by Gasteiger charge is 2.49. The summed E-state index contributed by atoms with van der Waals surface area (Å²) < 4.78 is 11.2. The zero-order valence-corrected chi connectivity index (χ0v) is 17.8. The molecule has 0 bridgehead atoms. The lowest BCUT2D eigenvalue weighted by atomic mass is 9.68. The van der Waals surface area contributed by atoms with Crippen molar-refractivity contribution in [1.29, 1.82) is 0 Å². The number of methoxy groups -OCH3 is 1. The second-order valence-electron chi connectivity index (χ2n) is 8.06. The van der Waals surface area contributed by atoms with Crippen LogP contribution in [0.5, 0.6) is 5.75 Å². The second kappa shape index (κ2) is 7.85. The zero-order valence-electron chi connectivity index (χ0n) is 17.1. The fourth-order valence-electron chi connectivity index (χ4n) is 4.77. The van der Waals surface area contributed by atoms with E-state index < -0.39 is 0 Å². The average molecular weight is 412 g/mol. The quantitative estimate of drug-likeness (QED) is 0.653. The van der Waals surface area contributed by atoms with Crippen LogP contribution in [-0.4, -0.2) is 37.6 Å². The van der Waals surface area contributed by atoms with Crippen molar-refractivity contribution in [3.05, 3.63) is 76.0 Å². The van der Waals surface area contributed by atoms with Gasteiger partial charge in [0.25, 0.3) is 0 Å². The maximum absolute atomic E-state index is 12.5. The van der Waals surface area contributed by atoms with Crippen molar-refractivity contribution >= 4 is 17.6 Å². The minimum absolute atomic E-state index is 0.0436. The van der Waals surface area contributed by atoms with Crippen LogP contribution in [0.1, 0.15) is 40.7 Å². The van der Waals surface area contributed by atoms with Crippen LogP contribution >= 0.6 is 11.6 Å². The Labute approximate surface area is 177 Å². The van der Waals surface area contributed by atoms with Crippen molar-refractivity contribution in [3.8, 4) is 5.75 Å². The van der Waals surface area contributed by atoms with Crippen molar-refractivity contribution in [2.45, 2.75) is 37.6 Å². The number of ether oxygens (including phenoxy) is 2. The fourth-order valence-corrected chi connectivity index (χ4v) is 4.90. The summed E-state index contributed by atoms with van der Waals surface area (Å²) in [5, 5.41) is 0.602. The van der Waals surface area contributed by atoms with E-state index in [1.165, 1.54) is 5.56 Å². The van der Waals surface area contributed by atoms with E-state index in [0.717, 1.165) is 42.9 Å². The van der Waals surface area contributed by atoms with E-state index in [2.05, 4.69) is 43.1 Å². The number of hydrogen-bond donors (Lipinski definition) is 0. The molecule has 1 heterocycles. The SMILES string of the molecule is COc1ccc([C@@]23CC=C(OC(=O)c4ccc(Cl)cc4)C[C@@H]2N(C)CC3)cc1C. The number of nitrogens with zero attached hydrogens (tertiary/aromatic N) is 1. The molecule has 0 unspecified atom stereocenters. The van der Waals surface area contributed by atoms with Gasteiger partial charge in [0.1, 0.15) is 11.5 Å². The number of aryl methyl sites for hydroxylation is 1. The molecular formula is C24H26ClNO3. The van der Waals surface area contributed by atoms with E-state index in [4.69, 9.17) is 21.1 Å². The average Bonchev–Trinajstić information content (AvgIpc) is 3.06. The lowest BCUT2D eigenvalue weighted by Crippen LogP contribution is -2.43. The Balaban J connectivity index is 1.58. The first-order chi connectivity index (χ1) is 13.9. The number of hydrogen-bond acceptors (Lipinski definition) is 4. The van der Waals surface area contributed by atoms with Gasteiger partial charge in [-0.1, -0.05) is 23.7 Å². The lowest BCUT2D eigenvalue weighted by molar-refractivity contribution is 0.0579. The molecule has 29 heavy (non-hydrogen) atoms. The molecule has 0 N–H and O–H groups in total. The van der Waals surface area contributed by atoms with Crippen molar-refractivity contribution in [3.63, 3.8) is 0 Å². The van der Waals surface area contributed by atoms with Gasteiger partial charge in [-0.25, -0.2) is 4.79 Å². The number of likely N-dealkylation sites (tertiary alicyclic amines) is 1. The molecule has 2 aliphatic rings. The maximum Gasteiger partial charge on any atom is 0.343 e. The molecule has 1 fully saturated rings. The number of fused-ring (bicyclic) bond motifs is 1. The van der Waals surface area contributed by atoms with Crippen LogP contribution in [0.15, 0.2) is 54.3 Å². The Morgan fingerprint density at radius 3 is 2.66 bits per heavy atom. The highest BCUT2D eigenvalue weighted by atomic mass is 35.5. The second-order valence-corrected chi connectivity index (χ2v) is 8.50. The lowest BCUT2D eigenvalue weighted by Gasteiger charge is -2.40. The standard InChI is InChI=1S/C24H26ClNO3/c1-16-14-18(6-9-21(16)28-3)24-11-10-20(15-22(24)26(2)13-12-24)29-23(27)17-4-7-19(25)8-5-17/h4-10,14,22H,11-13,15H2,1-3H3/t22-,24-/m0/s1. The summed E-state index contributed by atoms with van der Waals surface area (Å²) in [4.78, 5) is 14.9. The molecule has 0 radical (unpaired) electrons. The van der Waals surface area contributed by atoms with Crippen LogP contribution in [0, 0.1) is 6.92 Å². The molecule has 0 aromatic heterocycles. The van der Waals surface area contributed by atoms with E-state index in [9.17, 15) is 4.79 Å². The zero-order chi connectivity index (χ0) is 20.6. The number of halogens is 1. The smallest absolute Gasteiger partial charge is 0.343 e. The first-order valence-corrected chi connectivity index (χ1v) is 10.3. The van der Waals surface area contributed by atoms with Gasteiger partial charge in [-0.05, 0) is 80.9 Å². The van der Waals surface area contributed by atoms with Gasteiger partial charge in [0.2, 0.25) is 0 Å². The van der Waals surface area contributed by atoms with E-state index >= 15 is 0 Å². The summed E-state index contributed by atoms with van der Waals surface area (Å²) in [7, 11) is 3.86. The molecule has 2 aromatic rings. The first-order valence-electron chi connectivity index (χ1n) is 9.95. The van der Waals surface area contributed by atoms with Crippen LogP contribution in [0.2, 0.25) is 5.02 Å². The van der Waals surface area contributed by atoms with E-state index in [1.54, 1.807) is 31.4 Å². The van der Waals surface area contributed by atoms with Crippen LogP contribution in [-0.2, 0) is 10.2 Å². The third-order valence-corrected chi connectivity index (χ3v) is 6.69. The largest absolute Gasteiger partial charge is 0.496 e. The van der Waals surface area contributed by atoms with E-state index in [1.807, 2.05) is 0 Å². The molecule has 2 atom stereocenters. The number of rotatable bonds is 4. The molecule has 1 saturated heterocycles. The molecule has 0 saturated carbocycles. The summed E-state index contributed by atoms with van der Waals surface area (Å²) in [6, 6.07) is 13.6. The predicted octanol–water partition coefficient (Wildman–Crippen LogP) is 5.13. The Morgan fingerprint density at radius 1 is 1.21 bits per heavy atom. The predicted molar refractivity (Wildman–Crippen MR) is 115 cm³/mol. The molecule has 1 aliphatic carbocycles. The molecule has 2 aromatic carbocycles. The molecule has 5 heteroatoms. The van der Waals surface area contributed by atoms with E-state index in [-0.39, 0.29) is 11.4 Å². The number of likely N-dealkylation sites (N-methyl/N-ethyl adjacent to an activating group) is 1. The topological polar surface area (TPSA) is 38.8 Å². The van der Waals surface area contributed by atoms with Crippen molar-refractivity contribution < 1.29 is 14.3 Å². The van der Waals surface area contributed by atoms with Gasteiger partial charge >= 0.3 is 5.97 Å². The molecule has 4 nitrogen and oxygen atoms in total. The minimum Gasteiger partial charge on any atom is -0.496 e. The van der Waals surface area contributed by atoms with Crippen molar-refractivity contribution in [1.82, 2.24) is 4.90 Å². The molecule has 1 aliphatic heterocycles. The monoisotopic (exact) mass is 411 g/mol. The van der Waals surface area contributed by atoms with Crippen LogP contribution < -0.4 is 4.74 Å². The number of benzene rings is 2. The number of carbonyl (C=O) groups excluding carboxylic acids is 1. The van der Waals surface area contributed by atoms with Gasteiger partial charge in [0.05, 0.1) is 12.7 Å². The molecule has 4 rings (SSSR count). The summed E-state index contributed by atoms with van der Waals surface area (Å²) in [6.07, 6.45) is 4.77. The molecule has 152 valence electrons. The minimum atomic E-state index is -0.332. The number of allylic oxidation sites excluding steroid dienone is 1. The van der Waals surface area contributed by atoms with Crippen LogP contribution in [0.3, 0.4) is 0 Å². The van der Waals surface area contributed by atoms with E-state index in [0.29, 0.717) is 16.6 Å². The normalized spacial score (nSPS) is 24.0. The summed E-state index contributed by atoms with van der Waals surface area (Å²) >= 11 is 5.91. The molecular weight excluding hydrogens is 386 g/mol. The van der Waals surface area contributed by atoms with Gasteiger partial charge in [0, 0.05) is 22.9 Å². The highest BCUT2D eigenvalue weighted by molar-refractivity contribution is 6.30. The third kappa shape index (κ3) is 3.67. The van der Waals surface area contributed by atoms with Gasteiger partial charge in [-0.2, -0.15) is 0 Å². The van der Waals surface area contributed by atoms with Crippen molar-refractivity contribution in [2.24, 2.45) is 0 Å². The van der Waals surface area contributed by atoms with Gasteiger partial charge in [-0.3, -0.25) is 0 Å². The highest BCUT2D eigenvalue weighted by Crippen LogP contribution is 2.48. The third-order valence-electron chi connectivity index (χ3n) is 6.44. The first kappa shape index (κ1) is 20.0. The Bertz CT molecular complexity index is 953. The summed E-state index contributed by atoms with van der Waals surface area (Å²) in [6.45, 7) is 3.12. The molecule has 0 spiro atoms. The van der Waals surface area contributed by atoms with Crippen LogP contribution in [0.25, 0.3) is 0 Å². The van der Waals surface area contributed by atoms with Gasteiger partial charge < -0.3 is 14.4 Å². The molecule has 0 amide bonds. The Kier molecular flexibility index (Phi) is 5.41. The van der Waals surface area contributed by atoms with Crippen LogP contribution in [0.4, 0.5) is 0 Å². The Hall–Kier alpha value is -2.30.